The molecule has 0 fully saturated rings. The molecule has 2 aromatic rings. The summed E-state index contributed by atoms with van der Waals surface area (Å²) in [6, 6.07) is 12.5. The normalized spacial score (nSPS) is 10.1. The number of carbonyl (C=O) groups excluding carboxylic acids is 1. The zero-order valence-corrected chi connectivity index (χ0v) is 10.4. The predicted molar refractivity (Wildman–Crippen MR) is 72.9 cm³/mol. The van der Waals surface area contributed by atoms with Gasteiger partial charge in [-0.3, -0.25) is 4.79 Å². The van der Waals surface area contributed by atoms with Crippen LogP contribution in [0.25, 0.3) is 0 Å². The standard InChI is InChI=1S/C14H15N3O/c1-17(2)12-9-8-11(15)13(16-12)14(18)10-6-4-3-5-7-10/h3-9H,15H2,1-2H3. The molecule has 0 saturated carbocycles. The monoisotopic (exact) mass is 241 g/mol. The van der Waals surface area contributed by atoms with Gasteiger partial charge in [-0.2, -0.15) is 0 Å². The highest BCUT2D eigenvalue weighted by Gasteiger charge is 2.14. The second kappa shape index (κ2) is 4.87. The largest absolute Gasteiger partial charge is 0.397 e. The van der Waals surface area contributed by atoms with E-state index in [1.54, 1.807) is 24.3 Å². The molecule has 1 aromatic heterocycles. The molecule has 0 spiro atoms. The highest BCUT2D eigenvalue weighted by atomic mass is 16.1. The van der Waals surface area contributed by atoms with E-state index in [1.165, 1.54) is 0 Å². The maximum absolute atomic E-state index is 12.3. The molecule has 1 aromatic carbocycles. The number of aromatic nitrogens is 1. The van der Waals surface area contributed by atoms with E-state index in [9.17, 15) is 4.79 Å². The minimum atomic E-state index is -0.156. The fraction of sp³-hybridized carbons (Fsp3) is 0.143. The zero-order chi connectivity index (χ0) is 13.1. The van der Waals surface area contributed by atoms with Gasteiger partial charge in [-0.15, -0.1) is 0 Å². The summed E-state index contributed by atoms with van der Waals surface area (Å²) in [5.41, 5.74) is 7.11. The molecule has 0 aliphatic heterocycles. The van der Waals surface area contributed by atoms with Crippen molar-refractivity contribution in [2.45, 2.75) is 0 Å². The first-order valence-electron chi connectivity index (χ1n) is 5.63. The number of nitrogens with two attached hydrogens (primary N) is 1. The Kier molecular flexibility index (Phi) is 3.28. The quantitative estimate of drug-likeness (QED) is 0.834. The highest BCUT2D eigenvalue weighted by Crippen LogP contribution is 2.18. The number of carbonyl (C=O) groups is 1. The van der Waals surface area contributed by atoms with Crippen molar-refractivity contribution in [2.75, 3.05) is 24.7 Å². The molecule has 4 heteroatoms. The fourth-order valence-electron chi connectivity index (χ4n) is 1.62. The number of hydrogen-bond acceptors (Lipinski definition) is 4. The van der Waals surface area contributed by atoms with Crippen LogP contribution in [-0.4, -0.2) is 24.9 Å². The molecule has 0 amide bonds. The minimum absolute atomic E-state index is 0.156. The Labute approximate surface area is 106 Å². The van der Waals surface area contributed by atoms with Crippen LogP contribution in [0.5, 0.6) is 0 Å². The number of nitrogens with zero attached hydrogens (tertiary/aromatic N) is 2. The summed E-state index contributed by atoms with van der Waals surface area (Å²) in [5, 5.41) is 0. The Bertz CT molecular complexity index is 565. The van der Waals surface area contributed by atoms with Crippen molar-refractivity contribution < 1.29 is 4.79 Å². The SMILES string of the molecule is CN(C)c1ccc(N)c(C(=O)c2ccccc2)n1. The molecule has 0 unspecified atom stereocenters. The number of ketones is 1. The van der Waals surface area contributed by atoms with Crippen LogP contribution in [-0.2, 0) is 0 Å². The van der Waals surface area contributed by atoms with Crippen molar-refractivity contribution in [3.05, 3.63) is 53.7 Å². The van der Waals surface area contributed by atoms with Crippen LogP contribution >= 0.6 is 0 Å². The third-order valence-electron chi connectivity index (χ3n) is 2.62. The van der Waals surface area contributed by atoms with E-state index in [2.05, 4.69) is 4.98 Å². The van der Waals surface area contributed by atoms with E-state index >= 15 is 0 Å². The Morgan fingerprint density at radius 3 is 2.39 bits per heavy atom. The fourth-order valence-corrected chi connectivity index (χ4v) is 1.62. The average Bonchev–Trinajstić information content (AvgIpc) is 2.39. The van der Waals surface area contributed by atoms with E-state index in [-0.39, 0.29) is 5.78 Å². The molecule has 1 heterocycles. The van der Waals surface area contributed by atoms with Gasteiger partial charge < -0.3 is 10.6 Å². The predicted octanol–water partition coefficient (Wildman–Crippen LogP) is 1.96. The first-order valence-corrected chi connectivity index (χ1v) is 5.63. The van der Waals surface area contributed by atoms with E-state index in [0.29, 0.717) is 22.8 Å². The van der Waals surface area contributed by atoms with Gasteiger partial charge in [0.25, 0.3) is 0 Å². The zero-order valence-electron chi connectivity index (χ0n) is 10.4. The van der Waals surface area contributed by atoms with Gasteiger partial charge in [0.05, 0.1) is 5.69 Å². The maximum Gasteiger partial charge on any atom is 0.213 e. The lowest BCUT2D eigenvalue weighted by atomic mass is 10.1. The van der Waals surface area contributed by atoms with Crippen molar-refractivity contribution in [1.29, 1.82) is 0 Å². The van der Waals surface area contributed by atoms with Gasteiger partial charge in [0.2, 0.25) is 5.78 Å². The van der Waals surface area contributed by atoms with Gasteiger partial charge in [-0.1, -0.05) is 30.3 Å². The van der Waals surface area contributed by atoms with Crippen LogP contribution < -0.4 is 10.6 Å². The second-order valence-electron chi connectivity index (χ2n) is 4.20. The third kappa shape index (κ3) is 2.32. The number of pyridine rings is 1. The summed E-state index contributed by atoms with van der Waals surface area (Å²) >= 11 is 0. The van der Waals surface area contributed by atoms with Crippen molar-refractivity contribution in [3.8, 4) is 0 Å². The molecular formula is C14H15N3O. The summed E-state index contributed by atoms with van der Waals surface area (Å²) in [4.78, 5) is 18.4. The summed E-state index contributed by atoms with van der Waals surface area (Å²) in [6.07, 6.45) is 0. The molecule has 0 radical (unpaired) electrons. The molecule has 0 saturated heterocycles. The van der Waals surface area contributed by atoms with Gasteiger partial charge in [0.15, 0.2) is 0 Å². The van der Waals surface area contributed by atoms with Crippen molar-refractivity contribution in [2.24, 2.45) is 0 Å². The average molecular weight is 241 g/mol. The summed E-state index contributed by atoms with van der Waals surface area (Å²) in [5.74, 6) is 0.556. The lowest BCUT2D eigenvalue weighted by Crippen LogP contribution is -2.15. The third-order valence-corrected chi connectivity index (χ3v) is 2.62. The molecule has 2 N–H and O–H groups in total. The molecule has 0 atom stereocenters. The summed E-state index contributed by atoms with van der Waals surface area (Å²) < 4.78 is 0. The summed E-state index contributed by atoms with van der Waals surface area (Å²) in [7, 11) is 3.74. The number of rotatable bonds is 3. The van der Waals surface area contributed by atoms with Crippen LogP contribution in [0, 0.1) is 0 Å². The molecule has 18 heavy (non-hydrogen) atoms. The van der Waals surface area contributed by atoms with Crippen LogP contribution in [0.2, 0.25) is 0 Å². The van der Waals surface area contributed by atoms with Gasteiger partial charge in [0, 0.05) is 19.7 Å². The van der Waals surface area contributed by atoms with E-state index in [4.69, 9.17) is 5.73 Å². The number of benzene rings is 1. The Balaban J connectivity index is 2.45. The summed E-state index contributed by atoms with van der Waals surface area (Å²) in [6.45, 7) is 0. The van der Waals surface area contributed by atoms with Crippen LogP contribution in [0.15, 0.2) is 42.5 Å². The highest BCUT2D eigenvalue weighted by molar-refractivity contribution is 6.10. The molecule has 0 aliphatic rings. The van der Waals surface area contributed by atoms with Crippen LogP contribution in [0.3, 0.4) is 0 Å². The molecule has 92 valence electrons. The van der Waals surface area contributed by atoms with E-state index < -0.39 is 0 Å². The number of hydrogen-bond donors (Lipinski definition) is 1. The Morgan fingerprint density at radius 1 is 1.11 bits per heavy atom. The minimum Gasteiger partial charge on any atom is -0.397 e. The molecule has 0 aliphatic carbocycles. The lowest BCUT2D eigenvalue weighted by Gasteiger charge is -2.13. The van der Waals surface area contributed by atoms with Crippen LogP contribution in [0.1, 0.15) is 16.1 Å². The van der Waals surface area contributed by atoms with Crippen LogP contribution in [0.4, 0.5) is 11.5 Å². The smallest absolute Gasteiger partial charge is 0.213 e. The lowest BCUT2D eigenvalue weighted by molar-refractivity contribution is 0.103. The van der Waals surface area contributed by atoms with E-state index in [0.717, 1.165) is 0 Å². The molecule has 4 nitrogen and oxygen atoms in total. The van der Waals surface area contributed by atoms with Gasteiger partial charge in [-0.05, 0) is 12.1 Å². The van der Waals surface area contributed by atoms with Gasteiger partial charge in [0.1, 0.15) is 11.5 Å². The topological polar surface area (TPSA) is 59.2 Å². The maximum atomic E-state index is 12.3. The molecule has 0 bridgehead atoms. The Morgan fingerprint density at radius 2 is 1.78 bits per heavy atom. The van der Waals surface area contributed by atoms with Crippen molar-refractivity contribution in [1.82, 2.24) is 4.98 Å². The first kappa shape index (κ1) is 12.1. The van der Waals surface area contributed by atoms with Gasteiger partial charge >= 0.3 is 0 Å². The number of nitrogen functional groups attached to an aromatic ring is 1. The van der Waals surface area contributed by atoms with E-state index in [1.807, 2.05) is 37.2 Å². The first-order chi connectivity index (χ1) is 8.59. The number of anilines is 2. The van der Waals surface area contributed by atoms with Gasteiger partial charge in [-0.25, -0.2) is 4.98 Å². The molecular weight excluding hydrogens is 226 g/mol. The van der Waals surface area contributed by atoms with Crippen molar-refractivity contribution in [3.63, 3.8) is 0 Å². The Hall–Kier alpha value is -2.36. The second-order valence-corrected chi connectivity index (χ2v) is 4.20. The molecule has 2 rings (SSSR count). The van der Waals surface area contributed by atoms with Crippen molar-refractivity contribution >= 4 is 17.3 Å².